The van der Waals surface area contributed by atoms with Crippen LogP contribution in [-0.2, 0) is 30.4 Å². The number of carbonyl (C=O) groups is 5. The van der Waals surface area contributed by atoms with E-state index in [2.05, 4.69) is 16.0 Å². The van der Waals surface area contributed by atoms with Gasteiger partial charge < -0.3 is 31.9 Å². The number of rotatable bonds is 12. The lowest BCUT2D eigenvalue weighted by molar-refractivity contribution is -0.144. The summed E-state index contributed by atoms with van der Waals surface area (Å²) in [6.45, 7) is 2.79. The molecule has 0 heterocycles. The summed E-state index contributed by atoms with van der Waals surface area (Å²) in [4.78, 5) is 59.6. The molecule has 1 aromatic carbocycles. The van der Waals surface area contributed by atoms with Gasteiger partial charge in [-0.25, -0.2) is 4.79 Å². The third kappa shape index (κ3) is 8.83. The number of carboxylic acid groups (broad SMARTS) is 2. The predicted octanol–water partition coefficient (Wildman–Crippen LogP) is -1.14. The van der Waals surface area contributed by atoms with Crippen molar-refractivity contribution < 1.29 is 34.2 Å². The molecule has 7 N–H and O–H groups in total. The van der Waals surface area contributed by atoms with E-state index in [1.54, 1.807) is 44.2 Å². The van der Waals surface area contributed by atoms with Gasteiger partial charge in [0.05, 0.1) is 13.0 Å². The fourth-order valence-electron chi connectivity index (χ4n) is 2.74. The van der Waals surface area contributed by atoms with E-state index in [1.165, 1.54) is 0 Å². The van der Waals surface area contributed by atoms with Gasteiger partial charge in [0.2, 0.25) is 17.7 Å². The first-order valence-corrected chi connectivity index (χ1v) is 9.63. The van der Waals surface area contributed by atoms with Gasteiger partial charge >= 0.3 is 11.9 Å². The van der Waals surface area contributed by atoms with Crippen LogP contribution in [0.5, 0.6) is 0 Å². The van der Waals surface area contributed by atoms with Gasteiger partial charge in [0, 0.05) is 6.42 Å². The van der Waals surface area contributed by atoms with Crippen molar-refractivity contribution in [2.45, 2.75) is 44.8 Å². The molecule has 0 spiro atoms. The van der Waals surface area contributed by atoms with Gasteiger partial charge in [-0.3, -0.25) is 19.2 Å². The molecule has 0 saturated carbocycles. The molecule has 0 aliphatic carbocycles. The average Bonchev–Trinajstić information content (AvgIpc) is 2.70. The zero-order valence-corrected chi connectivity index (χ0v) is 17.3. The topological polar surface area (TPSA) is 188 Å². The van der Waals surface area contributed by atoms with Gasteiger partial charge in [-0.15, -0.1) is 0 Å². The van der Waals surface area contributed by atoms with E-state index in [-0.39, 0.29) is 6.42 Å². The van der Waals surface area contributed by atoms with Crippen LogP contribution in [0.25, 0.3) is 0 Å². The van der Waals surface area contributed by atoms with Gasteiger partial charge in [-0.2, -0.15) is 0 Å². The number of aliphatic carboxylic acids is 2. The average molecular weight is 436 g/mol. The maximum atomic E-state index is 12.8. The maximum absolute atomic E-state index is 12.8. The fraction of sp³-hybridized carbons (Fsp3) is 0.450. The Morgan fingerprint density at radius 3 is 1.97 bits per heavy atom. The molecule has 3 unspecified atom stereocenters. The second-order valence-electron chi connectivity index (χ2n) is 7.24. The number of nitrogens with two attached hydrogens (primary N) is 1. The largest absolute Gasteiger partial charge is 0.481 e. The first kappa shape index (κ1) is 25.6. The summed E-state index contributed by atoms with van der Waals surface area (Å²) in [5.74, 6) is -5.39. The molecule has 3 atom stereocenters. The van der Waals surface area contributed by atoms with E-state index in [1.807, 2.05) is 0 Å². The molecule has 0 radical (unpaired) electrons. The van der Waals surface area contributed by atoms with E-state index >= 15 is 0 Å². The van der Waals surface area contributed by atoms with Crippen molar-refractivity contribution in [2.75, 3.05) is 6.54 Å². The first-order valence-electron chi connectivity index (χ1n) is 9.63. The smallest absolute Gasteiger partial charge is 0.326 e. The summed E-state index contributed by atoms with van der Waals surface area (Å²) in [7, 11) is 0. The van der Waals surface area contributed by atoms with Crippen LogP contribution in [0.3, 0.4) is 0 Å². The molecule has 0 saturated heterocycles. The van der Waals surface area contributed by atoms with Crippen molar-refractivity contribution in [1.29, 1.82) is 0 Å². The Labute approximate surface area is 179 Å². The zero-order chi connectivity index (χ0) is 23.6. The van der Waals surface area contributed by atoms with E-state index < -0.39 is 66.7 Å². The van der Waals surface area contributed by atoms with Crippen LogP contribution >= 0.6 is 0 Å². The third-order valence-corrected chi connectivity index (χ3v) is 4.36. The van der Waals surface area contributed by atoms with Crippen molar-refractivity contribution in [2.24, 2.45) is 11.7 Å². The number of hydrogen-bond acceptors (Lipinski definition) is 6. The van der Waals surface area contributed by atoms with Crippen LogP contribution in [0.2, 0.25) is 0 Å². The van der Waals surface area contributed by atoms with Gasteiger partial charge in [0.1, 0.15) is 18.1 Å². The Bertz CT molecular complexity index is 798. The maximum Gasteiger partial charge on any atom is 0.326 e. The molecule has 1 aromatic rings. The molecule has 170 valence electrons. The fourth-order valence-corrected chi connectivity index (χ4v) is 2.74. The van der Waals surface area contributed by atoms with Crippen LogP contribution in [0.15, 0.2) is 30.3 Å². The lowest BCUT2D eigenvalue weighted by Gasteiger charge is -2.25. The summed E-state index contributed by atoms with van der Waals surface area (Å²) < 4.78 is 0. The predicted molar refractivity (Wildman–Crippen MR) is 110 cm³/mol. The minimum absolute atomic E-state index is 0.0213. The third-order valence-electron chi connectivity index (χ3n) is 4.36. The van der Waals surface area contributed by atoms with Gasteiger partial charge in [-0.05, 0) is 11.5 Å². The highest BCUT2D eigenvalue weighted by Gasteiger charge is 2.31. The van der Waals surface area contributed by atoms with Crippen molar-refractivity contribution in [3.8, 4) is 0 Å². The SMILES string of the molecule is CC(C)C(NC(=O)C(Cc1ccccc1)NC(=O)C(CC(=O)O)NC(=O)CN)C(=O)O. The molecule has 0 aliphatic heterocycles. The lowest BCUT2D eigenvalue weighted by atomic mass is 10.0. The highest BCUT2D eigenvalue weighted by Crippen LogP contribution is 2.07. The number of carbonyl (C=O) groups excluding carboxylic acids is 3. The van der Waals surface area contributed by atoms with Crippen LogP contribution in [0.1, 0.15) is 25.8 Å². The molecule has 0 bridgehead atoms. The van der Waals surface area contributed by atoms with E-state index in [9.17, 15) is 29.1 Å². The number of nitrogens with one attached hydrogen (secondary N) is 3. The summed E-state index contributed by atoms with van der Waals surface area (Å²) in [5, 5.41) is 25.4. The quantitative estimate of drug-likeness (QED) is 0.237. The normalized spacial score (nSPS) is 13.5. The molecule has 0 aliphatic rings. The highest BCUT2D eigenvalue weighted by molar-refractivity contribution is 5.95. The van der Waals surface area contributed by atoms with Gasteiger partial charge in [0.25, 0.3) is 0 Å². The molecule has 11 nitrogen and oxygen atoms in total. The van der Waals surface area contributed by atoms with Crippen molar-refractivity contribution in [3.63, 3.8) is 0 Å². The van der Waals surface area contributed by atoms with Crippen LogP contribution in [0.4, 0.5) is 0 Å². The van der Waals surface area contributed by atoms with Crippen molar-refractivity contribution in [1.82, 2.24) is 16.0 Å². The summed E-state index contributed by atoms with van der Waals surface area (Å²) in [5.41, 5.74) is 5.88. The molecule has 3 amide bonds. The Hall–Kier alpha value is -3.47. The zero-order valence-electron chi connectivity index (χ0n) is 17.3. The minimum atomic E-state index is -1.46. The monoisotopic (exact) mass is 436 g/mol. The van der Waals surface area contributed by atoms with Crippen LogP contribution < -0.4 is 21.7 Å². The van der Waals surface area contributed by atoms with Crippen LogP contribution in [0, 0.1) is 5.92 Å². The standard InChI is InChI=1S/C20H28N4O7/c1-11(2)17(20(30)31)24-19(29)13(8-12-6-4-3-5-7-12)23-18(28)14(9-16(26)27)22-15(25)10-21/h3-7,11,13-14,17H,8-10,21H2,1-2H3,(H,22,25)(H,23,28)(H,24,29)(H,26,27)(H,30,31). The number of benzene rings is 1. The lowest BCUT2D eigenvalue weighted by Crippen LogP contribution is -2.57. The number of carboxylic acids is 2. The second-order valence-corrected chi connectivity index (χ2v) is 7.24. The van der Waals surface area contributed by atoms with Crippen molar-refractivity contribution >= 4 is 29.7 Å². The summed E-state index contributed by atoms with van der Waals surface area (Å²) in [6.07, 6.45) is -0.700. The Balaban J connectivity index is 3.09. The Kier molecular flexibility index (Phi) is 10.1. The summed E-state index contributed by atoms with van der Waals surface area (Å²) >= 11 is 0. The molecule has 31 heavy (non-hydrogen) atoms. The Morgan fingerprint density at radius 1 is 0.903 bits per heavy atom. The number of hydrogen-bond donors (Lipinski definition) is 6. The van der Waals surface area contributed by atoms with E-state index in [0.29, 0.717) is 5.56 Å². The van der Waals surface area contributed by atoms with Gasteiger partial charge in [0.15, 0.2) is 0 Å². The van der Waals surface area contributed by atoms with Gasteiger partial charge in [-0.1, -0.05) is 44.2 Å². The molecular weight excluding hydrogens is 408 g/mol. The highest BCUT2D eigenvalue weighted by atomic mass is 16.4. The molecule has 0 aromatic heterocycles. The minimum Gasteiger partial charge on any atom is -0.481 e. The number of amides is 3. The molecule has 11 heteroatoms. The first-order chi connectivity index (χ1) is 14.5. The summed E-state index contributed by atoms with van der Waals surface area (Å²) in [6, 6.07) is 4.81. The van der Waals surface area contributed by atoms with E-state index in [4.69, 9.17) is 10.8 Å². The molecular formula is C20H28N4O7. The molecule has 1 rings (SSSR count). The molecule has 0 fully saturated rings. The van der Waals surface area contributed by atoms with Crippen LogP contribution in [-0.4, -0.2) is 64.5 Å². The van der Waals surface area contributed by atoms with Crippen molar-refractivity contribution in [3.05, 3.63) is 35.9 Å². The Morgan fingerprint density at radius 2 is 1.48 bits per heavy atom. The second kappa shape index (κ2) is 12.3. The van der Waals surface area contributed by atoms with E-state index in [0.717, 1.165) is 0 Å².